The lowest BCUT2D eigenvalue weighted by Crippen LogP contribution is -2.26. The largest absolute Gasteiger partial charge is 0.396 e. The highest BCUT2D eigenvalue weighted by atomic mass is 16.3. The summed E-state index contributed by atoms with van der Waals surface area (Å²) in [5, 5.41) is 9.11. The van der Waals surface area contributed by atoms with Crippen molar-refractivity contribution in [1.29, 1.82) is 0 Å². The molecule has 23 heavy (non-hydrogen) atoms. The molecule has 0 atom stereocenters. The van der Waals surface area contributed by atoms with Crippen molar-refractivity contribution in [2.24, 2.45) is 0 Å². The van der Waals surface area contributed by atoms with Crippen LogP contribution in [-0.4, -0.2) is 41.7 Å². The number of rotatable bonds is 2. The lowest BCUT2D eigenvalue weighted by atomic mass is 10.1. The molecule has 3 heterocycles. The summed E-state index contributed by atoms with van der Waals surface area (Å²) >= 11 is 0. The predicted molar refractivity (Wildman–Crippen MR) is 89.5 cm³/mol. The van der Waals surface area contributed by atoms with Crippen LogP contribution in [0.15, 0.2) is 18.3 Å². The zero-order valence-electron chi connectivity index (χ0n) is 13.8. The van der Waals surface area contributed by atoms with Crippen molar-refractivity contribution in [1.82, 2.24) is 9.97 Å². The highest BCUT2D eigenvalue weighted by Gasteiger charge is 2.30. The van der Waals surface area contributed by atoms with Gasteiger partial charge in [-0.25, -0.2) is 9.97 Å². The summed E-state index contributed by atoms with van der Waals surface area (Å²) in [5.74, 6) is 1.19. The number of amides is 1. The highest BCUT2D eigenvalue weighted by molar-refractivity contribution is 6.13. The highest BCUT2D eigenvalue weighted by Crippen LogP contribution is 2.39. The van der Waals surface area contributed by atoms with Crippen LogP contribution >= 0.6 is 0 Å². The molecule has 1 aliphatic rings. The number of carbonyl (C=O) groups excluding carboxylic acids is 1. The van der Waals surface area contributed by atoms with E-state index in [0.29, 0.717) is 17.8 Å². The third-order valence-corrected chi connectivity index (χ3v) is 4.12. The Labute approximate surface area is 135 Å². The molecule has 0 radical (unpaired) electrons. The van der Waals surface area contributed by atoms with Gasteiger partial charge in [0, 0.05) is 32.6 Å². The average molecular weight is 312 g/mol. The fourth-order valence-corrected chi connectivity index (χ4v) is 3.03. The minimum absolute atomic E-state index is 0.0282. The van der Waals surface area contributed by atoms with Gasteiger partial charge < -0.3 is 14.9 Å². The molecule has 0 spiro atoms. The Bertz CT molecular complexity index is 788. The topological polar surface area (TPSA) is 69.6 Å². The van der Waals surface area contributed by atoms with E-state index in [1.54, 1.807) is 18.1 Å². The molecule has 2 aromatic rings. The van der Waals surface area contributed by atoms with Crippen LogP contribution in [0.1, 0.15) is 27.2 Å². The van der Waals surface area contributed by atoms with Gasteiger partial charge in [-0.05, 0) is 43.5 Å². The number of carbonyl (C=O) groups is 1. The summed E-state index contributed by atoms with van der Waals surface area (Å²) in [6.07, 6.45) is 2.18. The molecule has 6 nitrogen and oxygen atoms in total. The summed E-state index contributed by atoms with van der Waals surface area (Å²) in [6, 6.07) is 3.78. The Balaban J connectivity index is 2.24. The van der Waals surface area contributed by atoms with E-state index in [1.165, 1.54) is 0 Å². The lowest BCUT2D eigenvalue weighted by Gasteiger charge is -2.22. The average Bonchev–Trinajstić information content (AvgIpc) is 2.58. The minimum atomic E-state index is -0.119. The van der Waals surface area contributed by atoms with Gasteiger partial charge >= 0.3 is 0 Å². The van der Waals surface area contributed by atoms with Crippen molar-refractivity contribution in [2.75, 3.05) is 30.5 Å². The van der Waals surface area contributed by atoms with Crippen LogP contribution in [0.2, 0.25) is 0 Å². The first-order valence-electron chi connectivity index (χ1n) is 7.54. The van der Waals surface area contributed by atoms with Crippen LogP contribution < -0.4 is 9.80 Å². The second-order valence-corrected chi connectivity index (χ2v) is 5.86. The van der Waals surface area contributed by atoms with Gasteiger partial charge in [-0.3, -0.25) is 4.79 Å². The molecule has 0 aliphatic carbocycles. The number of pyridine rings is 2. The Morgan fingerprint density at radius 3 is 2.57 bits per heavy atom. The Hall–Kier alpha value is -2.47. The van der Waals surface area contributed by atoms with Crippen LogP contribution in [0.25, 0.3) is 0 Å². The number of aromatic nitrogens is 2. The van der Waals surface area contributed by atoms with Gasteiger partial charge in [-0.1, -0.05) is 0 Å². The first-order chi connectivity index (χ1) is 10.9. The van der Waals surface area contributed by atoms with Crippen molar-refractivity contribution in [3.8, 4) is 0 Å². The number of hydrogen-bond acceptors (Lipinski definition) is 5. The van der Waals surface area contributed by atoms with Gasteiger partial charge in [-0.2, -0.15) is 0 Å². The van der Waals surface area contributed by atoms with Gasteiger partial charge in [0.05, 0.1) is 11.3 Å². The molecular weight excluding hydrogens is 292 g/mol. The molecule has 3 rings (SSSR count). The SMILES string of the molecule is Cc1cc(C)c2c(n1)N(C)c1ncc(CCO)cc1C(=O)N2C. The smallest absolute Gasteiger partial charge is 0.261 e. The number of aliphatic hydroxyl groups is 1. The first kappa shape index (κ1) is 15.4. The normalized spacial score (nSPS) is 13.7. The molecule has 0 fully saturated rings. The maximum atomic E-state index is 12.9. The summed E-state index contributed by atoms with van der Waals surface area (Å²) in [4.78, 5) is 25.5. The van der Waals surface area contributed by atoms with Crippen LogP contribution in [-0.2, 0) is 6.42 Å². The quantitative estimate of drug-likeness (QED) is 0.918. The van der Waals surface area contributed by atoms with E-state index in [9.17, 15) is 4.79 Å². The summed E-state index contributed by atoms with van der Waals surface area (Å²) in [7, 11) is 3.63. The predicted octanol–water partition coefficient (Wildman–Crippen LogP) is 1.99. The second-order valence-electron chi connectivity index (χ2n) is 5.86. The third kappa shape index (κ3) is 2.45. The summed E-state index contributed by atoms with van der Waals surface area (Å²) in [6.45, 7) is 3.94. The van der Waals surface area contributed by atoms with Gasteiger partial charge in [0.2, 0.25) is 0 Å². The van der Waals surface area contributed by atoms with E-state index < -0.39 is 0 Å². The maximum Gasteiger partial charge on any atom is 0.261 e. The Morgan fingerprint density at radius 1 is 1.13 bits per heavy atom. The fourth-order valence-electron chi connectivity index (χ4n) is 3.03. The van der Waals surface area contributed by atoms with E-state index in [0.717, 1.165) is 28.3 Å². The van der Waals surface area contributed by atoms with Crippen molar-refractivity contribution in [2.45, 2.75) is 20.3 Å². The van der Waals surface area contributed by atoms with E-state index in [1.807, 2.05) is 37.9 Å². The molecule has 6 heteroatoms. The van der Waals surface area contributed by atoms with Crippen LogP contribution in [0.5, 0.6) is 0 Å². The molecule has 0 aromatic carbocycles. The zero-order valence-corrected chi connectivity index (χ0v) is 13.8. The minimum Gasteiger partial charge on any atom is -0.396 e. The van der Waals surface area contributed by atoms with E-state index in [2.05, 4.69) is 9.97 Å². The van der Waals surface area contributed by atoms with Gasteiger partial charge in [-0.15, -0.1) is 0 Å². The van der Waals surface area contributed by atoms with Gasteiger partial charge in [0.25, 0.3) is 5.91 Å². The molecule has 0 bridgehead atoms. The molecule has 2 aromatic heterocycles. The molecule has 0 unspecified atom stereocenters. The number of aliphatic hydroxyl groups excluding tert-OH is 1. The monoisotopic (exact) mass is 312 g/mol. The van der Waals surface area contributed by atoms with Crippen molar-refractivity contribution >= 4 is 23.2 Å². The maximum absolute atomic E-state index is 12.9. The van der Waals surface area contributed by atoms with Crippen molar-refractivity contribution in [3.05, 3.63) is 40.7 Å². The van der Waals surface area contributed by atoms with Crippen molar-refractivity contribution < 1.29 is 9.90 Å². The molecule has 0 saturated carbocycles. The van der Waals surface area contributed by atoms with Gasteiger partial charge in [0.15, 0.2) is 5.82 Å². The van der Waals surface area contributed by atoms with Crippen LogP contribution in [0.3, 0.4) is 0 Å². The summed E-state index contributed by atoms with van der Waals surface area (Å²) < 4.78 is 0. The fraction of sp³-hybridized carbons (Fsp3) is 0.353. The first-order valence-corrected chi connectivity index (χ1v) is 7.54. The van der Waals surface area contributed by atoms with E-state index >= 15 is 0 Å². The zero-order chi connectivity index (χ0) is 16.7. The molecule has 1 N–H and O–H groups in total. The molecule has 1 amide bonds. The standard InChI is InChI=1S/C17H20N4O2/c1-10-7-11(2)19-16-14(10)20(3)17(23)13-8-12(5-6-22)9-18-15(13)21(16)4/h7-9,22H,5-6H2,1-4H3. The Kier molecular flexibility index (Phi) is 3.77. The Morgan fingerprint density at radius 2 is 1.87 bits per heavy atom. The third-order valence-electron chi connectivity index (χ3n) is 4.12. The van der Waals surface area contributed by atoms with E-state index in [4.69, 9.17) is 5.11 Å². The molecule has 0 saturated heterocycles. The number of aryl methyl sites for hydroxylation is 2. The van der Waals surface area contributed by atoms with Crippen LogP contribution in [0.4, 0.5) is 17.3 Å². The number of anilines is 3. The molecule has 1 aliphatic heterocycles. The second kappa shape index (κ2) is 5.62. The number of hydrogen-bond donors (Lipinski definition) is 1. The van der Waals surface area contributed by atoms with Crippen molar-refractivity contribution in [3.63, 3.8) is 0 Å². The lowest BCUT2D eigenvalue weighted by molar-refractivity contribution is 0.0993. The summed E-state index contributed by atoms with van der Waals surface area (Å²) in [5.41, 5.74) is 4.06. The van der Waals surface area contributed by atoms with E-state index in [-0.39, 0.29) is 12.5 Å². The van der Waals surface area contributed by atoms with Gasteiger partial charge in [0.1, 0.15) is 5.82 Å². The number of fused-ring (bicyclic) bond motifs is 2. The molecular formula is C17H20N4O2. The molecule has 120 valence electrons. The van der Waals surface area contributed by atoms with Crippen LogP contribution in [0, 0.1) is 13.8 Å². The number of nitrogens with zero attached hydrogens (tertiary/aromatic N) is 4.